The van der Waals surface area contributed by atoms with Gasteiger partial charge in [0.05, 0.1) is 18.5 Å². The number of aryl methyl sites for hydroxylation is 1. The van der Waals surface area contributed by atoms with E-state index in [2.05, 4.69) is 14.7 Å². The van der Waals surface area contributed by atoms with E-state index in [0.717, 1.165) is 18.7 Å². The smallest absolute Gasteiger partial charge is 0.424 e. The summed E-state index contributed by atoms with van der Waals surface area (Å²) in [5, 5.41) is 0. The first-order chi connectivity index (χ1) is 9.32. The van der Waals surface area contributed by atoms with Crippen molar-refractivity contribution in [3.8, 4) is 17.1 Å². The minimum atomic E-state index is -4.87. The van der Waals surface area contributed by atoms with Gasteiger partial charge in [-0.05, 0) is 18.6 Å². The first-order valence-corrected chi connectivity index (χ1v) is 5.57. The number of pyridine rings is 2. The Morgan fingerprint density at radius 2 is 1.85 bits per heavy atom. The predicted molar refractivity (Wildman–Crippen MR) is 63.7 cm³/mol. The number of ether oxygens (including phenoxy) is 1. The van der Waals surface area contributed by atoms with Crippen LogP contribution in [0.25, 0.3) is 11.4 Å². The van der Waals surface area contributed by atoms with Crippen molar-refractivity contribution in [2.75, 3.05) is 7.11 Å². The maximum absolute atomic E-state index is 13.6. The second kappa shape index (κ2) is 5.07. The Labute approximate surface area is 112 Å². The van der Waals surface area contributed by atoms with Crippen LogP contribution >= 0.6 is 0 Å². The van der Waals surface area contributed by atoms with Gasteiger partial charge >= 0.3 is 6.18 Å². The van der Waals surface area contributed by atoms with Crippen molar-refractivity contribution in [2.45, 2.75) is 13.1 Å². The lowest BCUT2D eigenvalue weighted by molar-refractivity contribution is -0.141. The molecule has 0 saturated carbocycles. The summed E-state index contributed by atoms with van der Waals surface area (Å²) in [5.74, 6) is -2.25. The van der Waals surface area contributed by atoms with Crippen LogP contribution in [-0.4, -0.2) is 17.1 Å². The fourth-order valence-corrected chi connectivity index (χ4v) is 1.66. The lowest BCUT2D eigenvalue weighted by Crippen LogP contribution is -2.12. The summed E-state index contributed by atoms with van der Waals surface area (Å²) in [5.41, 5.74) is -0.405. The molecular weight excluding hydrogens is 276 g/mol. The third kappa shape index (κ3) is 2.71. The average molecular weight is 286 g/mol. The van der Waals surface area contributed by atoms with Crippen LogP contribution in [0.1, 0.15) is 11.1 Å². The van der Waals surface area contributed by atoms with E-state index in [1.807, 2.05) is 0 Å². The first-order valence-electron chi connectivity index (χ1n) is 5.57. The van der Waals surface area contributed by atoms with Crippen LogP contribution in [0.15, 0.2) is 24.4 Å². The molecule has 0 amide bonds. The van der Waals surface area contributed by atoms with E-state index in [1.165, 1.54) is 6.20 Å². The lowest BCUT2D eigenvalue weighted by Gasteiger charge is -2.13. The third-order valence-electron chi connectivity index (χ3n) is 2.62. The van der Waals surface area contributed by atoms with Gasteiger partial charge < -0.3 is 4.74 Å². The Balaban J connectivity index is 2.58. The fourth-order valence-electron chi connectivity index (χ4n) is 1.66. The summed E-state index contributed by atoms with van der Waals surface area (Å²) in [6.07, 6.45) is -3.36. The fraction of sp³-hybridized carbons (Fsp3) is 0.231. The minimum absolute atomic E-state index is 0.0210. The summed E-state index contributed by atoms with van der Waals surface area (Å²) < 4.78 is 56.4. The Morgan fingerprint density at radius 1 is 1.15 bits per heavy atom. The van der Waals surface area contributed by atoms with Crippen molar-refractivity contribution in [1.29, 1.82) is 0 Å². The molecule has 0 fully saturated rings. The van der Waals surface area contributed by atoms with Gasteiger partial charge in [-0.25, -0.2) is 4.98 Å². The van der Waals surface area contributed by atoms with E-state index in [1.54, 1.807) is 19.1 Å². The number of alkyl halides is 3. The standard InChI is InChI=1S/C13H10F4N2O/c1-7-3-4-8(18-6-7)9-5-10(20-2)11(12(14)19-9)13(15,16)17/h3-6H,1-2H3. The molecule has 2 aromatic rings. The maximum Gasteiger partial charge on any atom is 0.424 e. The van der Waals surface area contributed by atoms with Crippen molar-refractivity contribution < 1.29 is 22.3 Å². The van der Waals surface area contributed by atoms with Crippen molar-refractivity contribution >= 4 is 0 Å². The van der Waals surface area contributed by atoms with Crippen molar-refractivity contribution in [3.05, 3.63) is 41.5 Å². The average Bonchev–Trinajstić information content (AvgIpc) is 2.37. The van der Waals surface area contributed by atoms with E-state index in [0.29, 0.717) is 0 Å². The molecule has 2 rings (SSSR count). The molecule has 20 heavy (non-hydrogen) atoms. The van der Waals surface area contributed by atoms with Gasteiger partial charge in [0.2, 0.25) is 5.95 Å². The molecule has 0 aromatic carbocycles. The van der Waals surface area contributed by atoms with Crippen LogP contribution in [0, 0.1) is 12.9 Å². The number of nitrogens with zero attached hydrogens (tertiary/aromatic N) is 2. The van der Waals surface area contributed by atoms with E-state index in [4.69, 9.17) is 0 Å². The number of rotatable bonds is 2. The molecule has 0 aliphatic carbocycles. The zero-order valence-electron chi connectivity index (χ0n) is 10.6. The summed E-state index contributed by atoms with van der Waals surface area (Å²) in [6.45, 7) is 1.80. The lowest BCUT2D eigenvalue weighted by atomic mass is 10.1. The Hall–Kier alpha value is -2.18. The molecule has 0 saturated heterocycles. The van der Waals surface area contributed by atoms with Gasteiger partial charge in [-0.3, -0.25) is 4.98 Å². The van der Waals surface area contributed by atoms with Crippen LogP contribution in [0.4, 0.5) is 17.6 Å². The van der Waals surface area contributed by atoms with Crippen LogP contribution < -0.4 is 4.74 Å². The van der Waals surface area contributed by atoms with Gasteiger partial charge in [0.1, 0.15) is 5.75 Å². The molecular formula is C13H10F4N2O. The third-order valence-corrected chi connectivity index (χ3v) is 2.62. The van der Waals surface area contributed by atoms with Crippen molar-refractivity contribution in [1.82, 2.24) is 9.97 Å². The molecule has 2 heterocycles. The van der Waals surface area contributed by atoms with Crippen LogP contribution in [0.2, 0.25) is 0 Å². The maximum atomic E-state index is 13.6. The van der Waals surface area contributed by atoms with E-state index >= 15 is 0 Å². The molecule has 0 aliphatic heterocycles. The predicted octanol–water partition coefficient (Wildman–Crippen LogP) is 3.62. The van der Waals surface area contributed by atoms with Gasteiger partial charge in [-0.1, -0.05) is 6.07 Å². The summed E-state index contributed by atoms with van der Waals surface area (Å²) in [6, 6.07) is 4.26. The largest absolute Gasteiger partial charge is 0.496 e. The summed E-state index contributed by atoms with van der Waals surface area (Å²) >= 11 is 0. The van der Waals surface area contributed by atoms with Gasteiger partial charge in [-0.15, -0.1) is 0 Å². The molecule has 7 heteroatoms. The molecule has 2 aromatic heterocycles. The van der Waals surface area contributed by atoms with Gasteiger partial charge in [0.15, 0.2) is 5.56 Å². The van der Waals surface area contributed by atoms with E-state index in [-0.39, 0.29) is 11.4 Å². The van der Waals surface area contributed by atoms with Gasteiger partial charge in [-0.2, -0.15) is 17.6 Å². The highest BCUT2D eigenvalue weighted by Gasteiger charge is 2.39. The highest BCUT2D eigenvalue weighted by molar-refractivity contribution is 5.58. The molecule has 0 bridgehead atoms. The Kier molecular flexibility index (Phi) is 3.61. The SMILES string of the molecule is COc1cc(-c2ccc(C)cn2)nc(F)c1C(F)(F)F. The number of halogens is 4. The second-order valence-electron chi connectivity index (χ2n) is 4.09. The molecule has 3 nitrogen and oxygen atoms in total. The highest BCUT2D eigenvalue weighted by atomic mass is 19.4. The zero-order valence-corrected chi connectivity index (χ0v) is 10.6. The van der Waals surface area contributed by atoms with E-state index < -0.39 is 23.4 Å². The number of hydrogen-bond donors (Lipinski definition) is 0. The van der Waals surface area contributed by atoms with Crippen LogP contribution in [0.5, 0.6) is 5.75 Å². The number of hydrogen-bond acceptors (Lipinski definition) is 3. The topological polar surface area (TPSA) is 35.0 Å². The molecule has 0 spiro atoms. The highest BCUT2D eigenvalue weighted by Crippen LogP contribution is 2.38. The molecule has 0 N–H and O–H groups in total. The normalized spacial score (nSPS) is 11.5. The van der Waals surface area contributed by atoms with E-state index in [9.17, 15) is 17.6 Å². The Morgan fingerprint density at radius 3 is 2.35 bits per heavy atom. The molecule has 0 unspecified atom stereocenters. The monoisotopic (exact) mass is 286 g/mol. The molecule has 106 valence electrons. The molecule has 0 atom stereocenters. The van der Waals surface area contributed by atoms with Crippen LogP contribution in [-0.2, 0) is 6.18 Å². The van der Waals surface area contributed by atoms with Crippen LogP contribution in [0.3, 0.4) is 0 Å². The molecule has 0 aliphatic rings. The number of methoxy groups -OCH3 is 1. The second-order valence-corrected chi connectivity index (χ2v) is 4.09. The number of aromatic nitrogens is 2. The first kappa shape index (κ1) is 14.2. The van der Waals surface area contributed by atoms with Crippen molar-refractivity contribution in [2.24, 2.45) is 0 Å². The Bertz CT molecular complexity index is 624. The summed E-state index contributed by atoms with van der Waals surface area (Å²) in [4.78, 5) is 7.31. The molecule has 0 radical (unpaired) electrons. The zero-order chi connectivity index (χ0) is 14.9. The summed E-state index contributed by atoms with van der Waals surface area (Å²) in [7, 11) is 1.04. The van der Waals surface area contributed by atoms with Gasteiger partial charge in [0.25, 0.3) is 0 Å². The van der Waals surface area contributed by atoms with Crippen molar-refractivity contribution in [3.63, 3.8) is 0 Å². The minimum Gasteiger partial charge on any atom is -0.496 e. The quantitative estimate of drug-likeness (QED) is 0.624. The van der Waals surface area contributed by atoms with Gasteiger partial charge in [0, 0.05) is 12.3 Å².